The highest BCUT2D eigenvalue weighted by atomic mass is 14.2. The van der Waals surface area contributed by atoms with Gasteiger partial charge in [0.25, 0.3) is 0 Å². The van der Waals surface area contributed by atoms with Gasteiger partial charge in [0.15, 0.2) is 0 Å². The predicted octanol–water partition coefficient (Wildman–Crippen LogP) is 9.69. The Morgan fingerprint density at radius 2 is 1.17 bits per heavy atom. The predicted molar refractivity (Wildman–Crippen MR) is 119 cm³/mol. The van der Waals surface area contributed by atoms with Gasteiger partial charge in [-0.15, -0.1) is 0 Å². The molecule has 150 valence electrons. The Bertz CT molecular complexity index is 192. The zero-order valence-corrected chi connectivity index (χ0v) is 19.5. The molecule has 0 heteroatoms. The van der Waals surface area contributed by atoms with Crippen LogP contribution in [-0.2, 0) is 0 Å². The first-order valence-electron chi connectivity index (χ1n) is 11.1. The van der Waals surface area contributed by atoms with Crippen LogP contribution in [0.5, 0.6) is 0 Å². The molecule has 0 aliphatic rings. The van der Waals surface area contributed by atoms with Crippen LogP contribution in [0.3, 0.4) is 0 Å². The van der Waals surface area contributed by atoms with E-state index in [1.54, 1.807) is 0 Å². The van der Waals surface area contributed by atoms with E-state index >= 15 is 0 Å². The molecule has 0 bridgehead atoms. The fourth-order valence-corrected chi connectivity index (χ4v) is 2.45. The summed E-state index contributed by atoms with van der Waals surface area (Å²) < 4.78 is 0. The van der Waals surface area contributed by atoms with E-state index in [4.69, 9.17) is 0 Å². The molecule has 24 heavy (non-hydrogen) atoms. The fourth-order valence-electron chi connectivity index (χ4n) is 2.45. The normalized spacial score (nSPS) is 13.5. The summed E-state index contributed by atoms with van der Waals surface area (Å²) in [5, 5.41) is 0. The first kappa shape index (κ1) is 31.5. The number of allylic oxidation sites excluding steroid dienone is 2. The van der Waals surface area contributed by atoms with Gasteiger partial charge in [0.1, 0.15) is 0 Å². The number of unbranched alkanes of at least 4 members (excludes halogenated alkanes) is 1. The maximum atomic E-state index is 2.40. The molecule has 0 aliphatic carbocycles. The Balaban J connectivity index is -0.000000153. The van der Waals surface area contributed by atoms with Crippen LogP contribution in [0.4, 0.5) is 0 Å². The van der Waals surface area contributed by atoms with Gasteiger partial charge >= 0.3 is 0 Å². The lowest BCUT2D eigenvalue weighted by atomic mass is 9.88. The lowest BCUT2D eigenvalue weighted by molar-refractivity contribution is 0.335. The maximum Gasteiger partial charge on any atom is -0.0351 e. The first-order chi connectivity index (χ1) is 11.5. The zero-order valence-electron chi connectivity index (χ0n) is 19.5. The molecule has 0 aromatic carbocycles. The van der Waals surface area contributed by atoms with Crippen LogP contribution >= 0.6 is 0 Å². The van der Waals surface area contributed by atoms with Crippen molar-refractivity contribution in [2.24, 2.45) is 17.8 Å². The second kappa shape index (κ2) is 30.6. The summed E-state index contributed by atoms with van der Waals surface area (Å²) in [7, 11) is 0. The van der Waals surface area contributed by atoms with Crippen molar-refractivity contribution in [2.45, 2.75) is 128 Å². The molecular formula is C24H54. The molecule has 0 saturated heterocycles. The van der Waals surface area contributed by atoms with Crippen molar-refractivity contribution >= 4 is 0 Å². The highest BCUT2D eigenvalue weighted by Crippen LogP contribution is 2.21. The van der Waals surface area contributed by atoms with Gasteiger partial charge in [-0.1, -0.05) is 120 Å². The summed E-state index contributed by atoms with van der Waals surface area (Å²) in [6, 6.07) is 0. The molecule has 0 amide bonds. The highest BCUT2D eigenvalue weighted by molar-refractivity contribution is 4.77. The van der Waals surface area contributed by atoms with Crippen LogP contribution in [0.1, 0.15) is 128 Å². The van der Waals surface area contributed by atoms with E-state index in [0.717, 1.165) is 17.8 Å². The Morgan fingerprint density at radius 3 is 1.50 bits per heavy atom. The molecule has 0 fully saturated rings. The lowest BCUT2D eigenvalue weighted by Gasteiger charge is -2.18. The molecule has 0 aliphatic heterocycles. The van der Waals surface area contributed by atoms with E-state index in [0.29, 0.717) is 0 Å². The van der Waals surface area contributed by atoms with Crippen molar-refractivity contribution in [3.05, 3.63) is 12.2 Å². The molecule has 0 aromatic heterocycles. The van der Waals surface area contributed by atoms with Crippen LogP contribution in [0.25, 0.3) is 0 Å². The molecule has 0 spiro atoms. The van der Waals surface area contributed by atoms with E-state index < -0.39 is 0 Å². The fraction of sp³-hybridized carbons (Fsp3) is 0.917. The standard InChI is InChI=1S/C13H26.C7H16.2C2H6/c1-5-7-8-9-11-13(4)12(3)10-6-2;1-4-6-7(3)5-2;2*1-2/h5,7,12-13H,6,8-11H2,1-4H3;7H,4-6H2,1-3H3;2*1-2H3. The topological polar surface area (TPSA) is 0 Å². The Hall–Kier alpha value is -0.260. The lowest BCUT2D eigenvalue weighted by Crippen LogP contribution is -2.07. The van der Waals surface area contributed by atoms with Gasteiger partial charge in [-0.25, -0.2) is 0 Å². The maximum absolute atomic E-state index is 2.40. The molecule has 0 aromatic rings. The molecule has 0 nitrogen and oxygen atoms in total. The van der Waals surface area contributed by atoms with Crippen LogP contribution < -0.4 is 0 Å². The molecule has 0 radical (unpaired) electrons. The van der Waals surface area contributed by atoms with Gasteiger partial charge in [-0.3, -0.25) is 0 Å². The molecule has 0 heterocycles. The summed E-state index contributed by atoms with van der Waals surface area (Å²) in [4.78, 5) is 0. The van der Waals surface area contributed by atoms with Crippen molar-refractivity contribution in [3.63, 3.8) is 0 Å². The molecule has 3 unspecified atom stereocenters. The van der Waals surface area contributed by atoms with Gasteiger partial charge in [-0.05, 0) is 37.5 Å². The van der Waals surface area contributed by atoms with Crippen LogP contribution in [0.2, 0.25) is 0 Å². The van der Waals surface area contributed by atoms with Crippen molar-refractivity contribution in [1.82, 2.24) is 0 Å². The smallest absolute Gasteiger partial charge is 0.0351 e. The third kappa shape index (κ3) is 29.7. The van der Waals surface area contributed by atoms with Gasteiger partial charge in [0.2, 0.25) is 0 Å². The summed E-state index contributed by atoms with van der Waals surface area (Å²) >= 11 is 0. The van der Waals surface area contributed by atoms with Crippen molar-refractivity contribution in [2.75, 3.05) is 0 Å². The number of hydrogen-bond acceptors (Lipinski definition) is 0. The quantitative estimate of drug-likeness (QED) is 0.274. The van der Waals surface area contributed by atoms with Gasteiger partial charge in [0, 0.05) is 0 Å². The number of rotatable bonds is 10. The van der Waals surface area contributed by atoms with E-state index in [1.165, 1.54) is 51.4 Å². The second-order valence-electron chi connectivity index (χ2n) is 6.55. The summed E-state index contributed by atoms with van der Waals surface area (Å²) in [5.74, 6) is 2.77. The summed E-state index contributed by atoms with van der Waals surface area (Å²) in [6.07, 6.45) is 15.3. The minimum Gasteiger partial charge on any atom is -0.0917 e. The first-order valence-corrected chi connectivity index (χ1v) is 11.1. The molecule has 0 saturated carbocycles. The third-order valence-corrected chi connectivity index (χ3v) is 4.46. The van der Waals surface area contributed by atoms with Gasteiger partial charge in [-0.2, -0.15) is 0 Å². The third-order valence-electron chi connectivity index (χ3n) is 4.46. The largest absolute Gasteiger partial charge is 0.0917 e. The average molecular weight is 343 g/mol. The Labute approximate surface area is 157 Å². The van der Waals surface area contributed by atoms with E-state index in [2.05, 4.69) is 60.6 Å². The Morgan fingerprint density at radius 1 is 0.708 bits per heavy atom. The van der Waals surface area contributed by atoms with Crippen molar-refractivity contribution < 1.29 is 0 Å². The average Bonchev–Trinajstić information content (AvgIpc) is 2.63. The van der Waals surface area contributed by atoms with E-state index in [9.17, 15) is 0 Å². The van der Waals surface area contributed by atoms with Crippen LogP contribution in [0, 0.1) is 17.8 Å². The van der Waals surface area contributed by atoms with E-state index in [-0.39, 0.29) is 0 Å². The van der Waals surface area contributed by atoms with Crippen LogP contribution in [0.15, 0.2) is 12.2 Å². The minimum absolute atomic E-state index is 0.908. The van der Waals surface area contributed by atoms with Gasteiger partial charge < -0.3 is 0 Å². The van der Waals surface area contributed by atoms with Crippen molar-refractivity contribution in [1.29, 1.82) is 0 Å². The molecular weight excluding hydrogens is 288 g/mol. The SMILES string of the molecule is CC.CC.CC=CCCCC(C)C(C)CCC.CCCC(C)CC. The van der Waals surface area contributed by atoms with Crippen molar-refractivity contribution in [3.8, 4) is 0 Å². The van der Waals surface area contributed by atoms with Crippen LogP contribution in [-0.4, -0.2) is 0 Å². The minimum atomic E-state index is 0.908. The monoisotopic (exact) mass is 342 g/mol. The second-order valence-corrected chi connectivity index (χ2v) is 6.55. The molecule has 3 atom stereocenters. The zero-order chi connectivity index (χ0) is 19.8. The van der Waals surface area contributed by atoms with Gasteiger partial charge in [0.05, 0.1) is 0 Å². The Kier molecular flexibility index (Phi) is 40.2. The summed E-state index contributed by atoms with van der Waals surface area (Å²) in [5.41, 5.74) is 0. The highest BCUT2D eigenvalue weighted by Gasteiger charge is 2.09. The molecule has 0 rings (SSSR count). The number of hydrogen-bond donors (Lipinski definition) is 0. The molecule has 0 N–H and O–H groups in total. The van der Waals surface area contributed by atoms with E-state index in [1.807, 2.05) is 27.7 Å². The summed E-state index contributed by atoms with van der Waals surface area (Å²) in [6.45, 7) is 24.0.